The summed E-state index contributed by atoms with van der Waals surface area (Å²) < 4.78 is 13.5. The first-order chi connectivity index (χ1) is 14.5. The molecule has 4 atom stereocenters. The summed E-state index contributed by atoms with van der Waals surface area (Å²) in [6.07, 6.45) is -0.734. The van der Waals surface area contributed by atoms with Crippen LogP contribution < -0.4 is 10.5 Å². The Morgan fingerprint density at radius 3 is 2.87 bits per heavy atom. The van der Waals surface area contributed by atoms with Crippen molar-refractivity contribution in [3.05, 3.63) is 54.6 Å². The number of hydrogen-bond acceptors (Lipinski definition) is 8. The van der Waals surface area contributed by atoms with Crippen molar-refractivity contribution in [2.45, 2.75) is 31.5 Å². The van der Waals surface area contributed by atoms with E-state index >= 15 is 0 Å². The lowest BCUT2D eigenvalue weighted by atomic mass is 10.1. The molecule has 154 valence electrons. The fraction of sp³-hybridized carbons (Fsp3) is 0.286. The second-order valence-corrected chi connectivity index (χ2v) is 7.37. The van der Waals surface area contributed by atoms with Gasteiger partial charge in [-0.3, -0.25) is 4.98 Å². The molecule has 1 fully saturated rings. The van der Waals surface area contributed by atoms with E-state index < -0.39 is 24.5 Å². The number of hydrogen-bond donors (Lipinski definition) is 3. The number of aromatic nitrogens is 4. The summed E-state index contributed by atoms with van der Waals surface area (Å²) in [7, 11) is 0. The Bertz CT molecular complexity index is 1230. The lowest BCUT2D eigenvalue weighted by molar-refractivity contribution is -0.0480. The average Bonchev–Trinajstić information content (AvgIpc) is 3.23. The number of aliphatic hydroxyl groups excluding tert-OH is 2. The minimum Gasteiger partial charge on any atom is -0.491 e. The van der Waals surface area contributed by atoms with Gasteiger partial charge in [0.05, 0.1) is 10.9 Å². The van der Waals surface area contributed by atoms with Gasteiger partial charge >= 0.3 is 0 Å². The quantitative estimate of drug-likeness (QED) is 0.465. The van der Waals surface area contributed by atoms with Gasteiger partial charge in [0.15, 0.2) is 6.23 Å². The molecule has 3 aromatic heterocycles. The molecule has 1 aromatic carbocycles. The number of rotatable bonds is 4. The van der Waals surface area contributed by atoms with Crippen LogP contribution in [0.4, 0.5) is 5.82 Å². The number of fused-ring (bicyclic) bond motifs is 2. The molecule has 1 aliphatic rings. The molecule has 4 aromatic rings. The minimum atomic E-state index is -1.15. The monoisotopic (exact) mass is 407 g/mol. The van der Waals surface area contributed by atoms with Crippen LogP contribution in [-0.4, -0.2) is 54.7 Å². The van der Waals surface area contributed by atoms with Gasteiger partial charge in [0.2, 0.25) is 0 Å². The van der Waals surface area contributed by atoms with Gasteiger partial charge in [-0.1, -0.05) is 6.07 Å². The molecule has 1 aliphatic heterocycles. The van der Waals surface area contributed by atoms with E-state index in [4.69, 9.17) is 15.2 Å². The van der Waals surface area contributed by atoms with Crippen molar-refractivity contribution in [2.24, 2.45) is 0 Å². The zero-order valence-electron chi connectivity index (χ0n) is 16.2. The normalized spacial score (nSPS) is 24.0. The smallest absolute Gasteiger partial charge is 0.164 e. The predicted molar refractivity (Wildman–Crippen MR) is 110 cm³/mol. The summed E-state index contributed by atoms with van der Waals surface area (Å²) in [5.74, 6) is 0.956. The predicted octanol–water partition coefficient (Wildman–Crippen LogP) is 1.57. The van der Waals surface area contributed by atoms with E-state index in [1.165, 1.54) is 6.33 Å². The molecule has 0 unspecified atom stereocenters. The maximum absolute atomic E-state index is 10.7. The summed E-state index contributed by atoms with van der Waals surface area (Å²) in [4.78, 5) is 12.6. The third kappa shape index (κ3) is 3.04. The first kappa shape index (κ1) is 18.7. The van der Waals surface area contributed by atoms with Crippen LogP contribution in [-0.2, 0) is 4.74 Å². The van der Waals surface area contributed by atoms with E-state index in [9.17, 15) is 10.2 Å². The fourth-order valence-electron chi connectivity index (χ4n) is 3.89. The van der Waals surface area contributed by atoms with E-state index in [0.717, 1.165) is 16.6 Å². The highest BCUT2D eigenvalue weighted by molar-refractivity contribution is 5.87. The molecule has 9 heteroatoms. The van der Waals surface area contributed by atoms with E-state index in [1.54, 1.807) is 10.8 Å². The number of nitrogen functional groups attached to an aromatic ring is 1. The highest BCUT2D eigenvalue weighted by Gasteiger charge is 2.45. The third-order valence-electron chi connectivity index (χ3n) is 5.44. The van der Waals surface area contributed by atoms with Crippen molar-refractivity contribution >= 4 is 27.8 Å². The average molecular weight is 407 g/mol. The Hall–Kier alpha value is -3.27. The summed E-state index contributed by atoms with van der Waals surface area (Å²) in [6, 6.07) is 11.3. The molecule has 4 N–H and O–H groups in total. The fourth-order valence-corrected chi connectivity index (χ4v) is 3.89. The lowest BCUT2D eigenvalue weighted by Gasteiger charge is -2.19. The summed E-state index contributed by atoms with van der Waals surface area (Å²) in [6.45, 7) is 1.93. The number of aliphatic hydroxyl groups is 2. The van der Waals surface area contributed by atoms with Crippen LogP contribution in [0.15, 0.2) is 48.9 Å². The van der Waals surface area contributed by atoms with Gasteiger partial charge in [-0.05, 0) is 31.2 Å². The number of aryl methyl sites for hydroxylation is 1. The van der Waals surface area contributed by atoms with Gasteiger partial charge in [0, 0.05) is 23.3 Å². The number of ether oxygens (including phenoxy) is 2. The molecule has 0 saturated carbocycles. The summed E-state index contributed by atoms with van der Waals surface area (Å²) in [5.41, 5.74) is 8.08. The summed E-state index contributed by atoms with van der Waals surface area (Å²) in [5, 5.41) is 22.9. The van der Waals surface area contributed by atoms with E-state index in [1.807, 2.05) is 43.3 Å². The van der Waals surface area contributed by atoms with Crippen molar-refractivity contribution < 1.29 is 19.7 Å². The SMILES string of the molecule is Cc1cc2c(N)ncnc2n1[C@@H]1O[C@H](COc2ccc3cccnc3c2)[C@@H](O)[C@H]1O. The van der Waals surface area contributed by atoms with Crippen LogP contribution in [0.2, 0.25) is 0 Å². The van der Waals surface area contributed by atoms with Gasteiger partial charge < -0.3 is 30.0 Å². The number of nitrogens with two attached hydrogens (primary N) is 1. The number of benzene rings is 1. The van der Waals surface area contributed by atoms with Crippen LogP contribution in [0.3, 0.4) is 0 Å². The molecule has 0 amide bonds. The minimum absolute atomic E-state index is 0.0719. The van der Waals surface area contributed by atoms with Crippen LogP contribution >= 0.6 is 0 Å². The first-order valence-corrected chi connectivity index (χ1v) is 9.60. The maximum Gasteiger partial charge on any atom is 0.164 e. The Balaban J connectivity index is 1.37. The molecule has 4 heterocycles. The molecule has 0 radical (unpaired) electrons. The van der Waals surface area contributed by atoms with Crippen molar-refractivity contribution in [1.29, 1.82) is 0 Å². The Morgan fingerprint density at radius 1 is 1.13 bits per heavy atom. The summed E-state index contributed by atoms with van der Waals surface area (Å²) >= 11 is 0. The molecule has 9 nitrogen and oxygen atoms in total. The molecule has 0 bridgehead atoms. The van der Waals surface area contributed by atoms with Gasteiger partial charge in [0.1, 0.15) is 48.5 Å². The van der Waals surface area contributed by atoms with E-state index in [2.05, 4.69) is 15.0 Å². The van der Waals surface area contributed by atoms with Crippen LogP contribution in [0.25, 0.3) is 21.9 Å². The van der Waals surface area contributed by atoms with E-state index in [-0.39, 0.29) is 6.61 Å². The molecule has 0 aliphatic carbocycles. The molecule has 30 heavy (non-hydrogen) atoms. The van der Waals surface area contributed by atoms with Crippen molar-refractivity contribution in [3.63, 3.8) is 0 Å². The largest absolute Gasteiger partial charge is 0.491 e. The topological polar surface area (TPSA) is 129 Å². The lowest BCUT2D eigenvalue weighted by Crippen LogP contribution is -2.34. The standard InChI is InChI=1S/C21H21N5O4/c1-11-7-14-19(22)24-10-25-20(14)26(11)21-18(28)17(27)16(30-21)9-29-13-5-4-12-3-2-6-23-15(12)8-13/h2-8,10,16-18,21,27-28H,9H2,1H3,(H2,22,24,25)/t16-,17-,18-,21-/m1/s1. The zero-order chi connectivity index (χ0) is 20.8. The second kappa shape index (κ2) is 7.21. The van der Waals surface area contributed by atoms with Gasteiger partial charge in [0.25, 0.3) is 0 Å². The van der Waals surface area contributed by atoms with Gasteiger partial charge in [-0.25, -0.2) is 9.97 Å². The molecular formula is C21H21N5O4. The Labute approximate surface area is 171 Å². The van der Waals surface area contributed by atoms with E-state index in [0.29, 0.717) is 22.6 Å². The number of pyridine rings is 1. The third-order valence-corrected chi connectivity index (χ3v) is 5.44. The van der Waals surface area contributed by atoms with Crippen LogP contribution in [0.5, 0.6) is 5.75 Å². The van der Waals surface area contributed by atoms with Crippen LogP contribution in [0.1, 0.15) is 11.9 Å². The van der Waals surface area contributed by atoms with Gasteiger partial charge in [-0.15, -0.1) is 0 Å². The first-order valence-electron chi connectivity index (χ1n) is 9.60. The molecule has 1 saturated heterocycles. The molecular weight excluding hydrogens is 386 g/mol. The van der Waals surface area contributed by atoms with Crippen molar-refractivity contribution in [3.8, 4) is 5.75 Å². The second-order valence-electron chi connectivity index (χ2n) is 7.37. The zero-order valence-corrected chi connectivity index (χ0v) is 16.2. The number of anilines is 1. The highest BCUT2D eigenvalue weighted by Crippen LogP contribution is 2.35. The number of nitrogens with zero attached hydrogens (tertiary/aromatic N) is 4. The Kier molecular flexibility index (Phi) is 4.50. The maximum atomic E-state index is 10.7. The molecule has 5 rings (SSSR count). The van der Waals surface area contributed by atoms with Crippen molar-refractivity contribution in [2.75, 3.05) is 12.3 Å². The van der Waals surface area contributed by atoms with Crippen LogP contribution in [0, 0.1) is 6.92 Å². The molecule has 0 spiro atoms. The van der Waals surface area contributed by atoms with Gasteiger partial charge in [-0.2, -0.15) is 0 Å². The van der Waals surface area contributed by atoms with Crippen molar-refractivity contribution in [1.82, 2.24) is 19.5 Å². The Morgan fingerprint density at radius 2 is 2.00 bits per heavy atom. The highest BCUT2D eigenvalue weighted by atomic mass is 16.6.